The second-order valence-electron chi connectivity index (χ2n) is 6.91. The average Bonchev–Trinajstić information content (AvgIpc) is 2.51. The SMILES string of the molecule is CC(C)(C)N(CC1CN(c2ccc(C(F)(F)F)cn2)CCO1)C(=O)O. The molecule has 1 aromatic heterocycles. The van der Waals surface area contributed by atoms with Crippen molar-refractivity contribution in [3.63, 3.8) is 0 Å². The fraction of sp³-hybridized carbons (Fsp3) is 0.625. The van der Waals surface area contributed by atoms with Gasteiger partial charge < -0.3 is 19.6 Å². The zero-order valence-electron chi connectivity index (χ0n) is 14.4. The third-order valence-corrected chi connectivity index (χ3v) is 3.96. The summed E-state index contributed by atoms with van der Waals surface area (Å²) >= 11 is 0. The first-order valence-electron chi connectivity index (χ1n) is 7.89. The van der Waals surface area contributed by atoms with Crippen LogP contribution in [0.15, 0.2) is 18.3 Å². The minimum Gasteiger partial charge on any atom is -0.465 e. The first kappa shape index (κ1) is 19.3. The number of amides is 1. The lowest BCUT2D eigenvalue weighted by Gasteiger charge is -2.39. The van der Waals surface area contributed by atoms with Crippen LogP contribution in [0.2, 0.25) is 0 Å². The van der Waals surface area contributed by atoms with E-state index in [9.17, 15) is 23.1 Å². The summed E-state index contributed by atoms with van der Waals surface area (Å²) in [6.07, 6.45) is -5.04. The Hall–Kier alpha value is -2.03. The van der Waals surface area contributed by atoms with Gasteiger partial charge in [-0.3, -0.25) is 0 Å². The number of morpholine rings is 1. The predicted octanol–water partition coefficient (Wildman–Crippen LogP) is 3.08. The van der Waals surface area contributed by atoms with Crippen LogP contribution in [0.25, 0.3) is 0 Å². The summed E-state index contributed by atoms with van der Waals surface area (Å²) < 4.78 is 43.5. The lowest BCUT2D eigenvalue weighted by Crippen LogP contribution is -2.53. The van der Waals surface area contributed by atoms with Gasteiger partial charge in [-0.25, -0.2) is 9.78 Å². The molecule has 1 unspecified atom stereocenters. The normalized spacial score (nSPS) is 19.0. The fourth-order valence-electron chi connectivity index (χ4n) is 2.62. The van der Waals surface area contributed by atoms with Crippen LogP contribution >= 0.6 is 0 Å². The van der Waals surface area contributed by atoms with Crippen molar-refractivity contribution in [1.29, 1.82) is 0 Å². The third-order valence-electron chi connectivity index (χ3n) is 3.96. The molecular weight excluding hydrogens is 339 g/mol. The number of pyridine rings is 1. The molecule has 6 nitrogen and oxygen atoms in total. The molecule has 1 aromatic rings. The summed E-state index contributed by atoms with van der Waals surface area (Å²) in [5, 5.41) is 9.37. The first-order chi connectivity index (χ1) is 11.5. The number of hydrogen-bond acceptors (Lipinski definition) is 4. The van der Waals surface area contributed by atoms with E-state index in [2.05, 4.69) is 4.98 Å². The van der Waals surface area contributed by atoms with E-state index in [0.29, 0.717) is 25.5 Å². The number of anilines is 1. The molecule has 1 saturated heterocycles. The lowest BCUT2D eigenvalue weighted by atomic mass is 10.1. The maximum Gasteiger partial charge on any atom is 0.417 e. The summed E-state index contributed by atoms with van der Waals surface area (Å²) in [5.74, 6) is 0.416. The molecular formula is C16H22F3N3O3. The predicted molar refractivity (Wildman–Crippen MR) is 85.7 cm³/mol. The van der Waals surface area contributed by atoms with Crippen molar-refractivity contribution in [3.8, 4) is 0 Å². The minimum atomic E-state index is -4.42. The zero-order chi connectivity index (χ0) is 18.8. The van der Waals surface area contributed by atoms with Crippen molar-refractivity contribution in [2.45, 2.75) is 38.6 Å². The van der Waals surface area contributed by atoms with Gasteiger partial charge in [0.2, 0.25) is 0 Å². The lowest BCUT2D eigenvalue weighted by molar-refractivity contribution is -0.137. The Bertz CT molecular complexity index is 599. The number of alkyl halides is 3. The molecule has 1 N–H and O–H groups in total. The van der Waals surface area contributed by atoms with E-state index in [1.165, 1.54) is 11.0 Å². The summed E-state index contributed by atoms with van der Waals surface area (Å²) in [4.78, 5) is 18.4. The van der Waals surface area contributed by atoms with Crippen LogP contribution in [0.3, 0.4) is 0 Å². The number of carboxylic acid groups (broad SMARTS) is 1. The van der Waals surface area contributed by atoms with E-state index in [-0.39, 0.29) is 12.6 Å². The topological polar surface area (TPSA) is 65.9 Å². The highest BCUT2D eigenvalue weighted by Crippen LogP contribution is 2.29. The van der Waals surface area contributed by atoms with Gasteiger partial charge in [0.15, 0.2) is 0 Å². The Labute approximate surface area is 144 Å². The van der Waals surface area contributed by atoms with Crippen LogP contribution in [0.5, 0.6) is 0 Å². The minimum absolute atomic E-state index is 0.177. The van der Waals surface area contributed by atoms with Crippen LogP contribution in [-0.4, -0.2) is 59.0 Å². The molecule has 0 bridgehead atoms. The Kier molecular flexibility index (Phi) is 5.46. The van der Waals surface area contributed by atoms with Crippen LogP contribution in [0.4, 0.5) is 23.8 Å². The van der Waals surface area contributed by atoms with Crippen LogP contribution in [0, 0.1) is 0 Å². The number of aromatic nitrogens is 1. The monoisotopic (exact) mass is 361 g/mol. The number of rotatable bonds is 3. The van der Waals surface area contributed by atoms with Gasteiger partial charge in [-0.05, 0) is 32.9 Å². The van der Waals surface area contributed by atoms with Crippen molar-refractivity contribution < 1.29 is 27.8 Å². The molecule has 2 heterocycles. The molecule has 1 aliphatic heterocycles. The molecule has 0 aliphatic carbocycles. The molecule has 1 amide bonds. The van der Waals surface area contributed by atoms with E-state index < -0.39 is 23.4 Å². The van der Waals surface area contributed by atoms with Crippen LogP contribution in [-0.2, 0) is 10.9 Å². The molecule has 0 aromatic carbocycles. The van der Waals surface area contributed by atoms with Gasteiger partial charge in [0.1, 0.15) is 5.82 Å². The smallest absolute Gasteiger partial charge is 0.417 e. The molecule has 140 valence electrons. The number of ether oxygens (including phenoxy) is 1. The summed E-state index contributed by atoms with van der Waals surface area (Å²) in [5.41, 5.74) is -1.38. The Morgan fingerprint density at radius 2 is 2.08 bits per heavy atom. The Morgan fingerprint density at radius 3 is 2.56 bits per heavy atom. The molecule has 0 spiro atoms. The molecule has 25 heavy (non-hydrogen) atoms. The highest BCUT2D eigenvalue weighted by atomic mass is 19.4. The van der Waals surface area contributed by atoms with E-state index in [1.54, 1.807) is 25.7 Å². The number of halogens is 3. The van der Waals surface area contributed by atoms with E-state index in [4.69, 9.17) is 4.74 Å². The van der Waals surface area contributed by atoms with Crippen LogP contribution in [0.1, 0.15) is 26.3 Å². The maximum absolute atomic E-state index is 12.6. The first-order valence-corrected chi connectivity index (χ1v) is 7.89. The Morgan fingerprint density at radius 1 is 1.40 bits per heavy atom. The van der Waals surface area contributed by atoms with Gasteiger partial charge in [-0.15, -0.1) is 0 Å². The highest BCUT2D eigenvalue weighted by molar-refractivity contribution is 5.66. The summed E-state index contributed by atoms with van der Waals surface area (Å²) in [7, 11) is 0. The highest BCUT2D eigenvalue weighted by Gasteiger charge is 2.33. The summed E-state index contributed by atoms with van der Waals surface area (Å²) in [6.45, 7) is 6.74. The second-order valence-corrected chi connectivity index (χ2v) is 6.91. The maximum atomic E-state index is 12.6. The van der Waals surface area contributed by atoms with Gasteiger partial charge in [0.25, 0.3) is 0 Å². The van der Waals surface area contributed by atoms with Crippen molar-refractivity contribution in [1.82, 2.24) is 9.88 Å². The largest absolute Gasteiger partial charge is 0.465 e. The van der Waals surface area contributed by atoms with Gasteiger partial charge in [0.05, 0.1) is 24.8 Å². The number of carbonyl (C=O) groups is 1. The van der Waals surface area contributed by atoms with E-state index in [1.807, 2.05) is 0 Å². The Balaban J connectivity index is 2.06. The van der Waals surface area contributed by atoms with E-state index in [0.717, 1.165) is 12.3 Å². The molecule has 1 atom stereocenters. The van der Waals surface area contributed by atoms with Crippen molar-refractivity contribution in [2.75, 3.05) is 31.1 Å². The average molecular weight is 361 g/mol. The van der Waals surface area contributed by atoms with Gasteiger partial charge in [-0.2, -0.15) is 13.2 Å². The summed E-state index contributed by atoms with van der Waals surface area (Å²) in [6, 6.07) is 2.31. The third kappa shape index (κ3) is 4.97. The molecule has 1 fully saturated rings. The standard InChI is InChI=1S/C16H22F3N3O3/c1-15(2,3)22(14(23)24)10-12-9-21(6-7-25-12)13-5-4-11(8-20-13)16(17,18)19/h4-5,8,12H,6-7,9-10H2,1-3H3,(H,23,24). The van der Waals surface area contributed by atoms with Crippen molar-refractivity contribution in [3.05, 3.63) is 23.9 Å². The molecule has 9 heteroatoms. The zero-order valence-corrected chi connectivity index (χ0v) is 14.4. The number of nitrogens with zero attached hydrogens (tertiary/aromatic N) is 3. The molecule has 0 saturated carbocycles. The van der Waals surface area contributed by atoms with Crippen LogP contribution < -0.4 is 4.90 Å². The molecule has 1 aliphatic rings. The van der Waals surface area contributed by atoms with Gasteiger partial charge in [-0.1, -0.05) is 0 Å². The quantitative estimate of drug-likeness (QED) is 0.896. The fourth-order valence-corrected chi connectivity index (χ4v) is 2.62. The molecule has 2 rings (SSSR count). The molecule has 0 radical (unpaired) electrons. The van der Waals surface area contributed by atoms with E-state index >= 15 is 0 Å². The van der Waals surface area contributed by atoms with Crippen molar-refractivity contribution in [2.24, 2.45) is 0 Å². The van der Waals surface area contributed by atoms with Gasteiger partial charge in [0, 0.05) is 24.8 Å². The van der Waals surface area contributed by atoms with Gasteiger partial charge >= 0.3 is 12.3 Å². The van der Waals surface area contributed by atoms with Crippen molar-refractivity contribution >= 4 is 11.9 Å². The number of hydrogen-bond donors (Lipinski definition) is 1. The second kappa shape index (κ2) is 7.07.